The van der Waals surface area contributed by atoms with Crippen LogP contribution in [0.2, 0.25) is 0 Å². The molecule has 4 aliphatic carbocycles. The van der Waals surface area contributed by atoms with Crippen molar-refractivity contribution in [2.24, 2.45) is 23.7 Å². The van der Waals surface area contributed by atoms with Crippen LogP contribution >= 0.6 is 0 Å². The average molecular weight is 206 g/mol. The molecule has 84 valence electrons. The van der Waals surface area contributed by atoms with E-state index in [4.69, 9.17) is 4.74 Å². The second-order valence-corrected chi connectivity index (χ2v) is 6.23. The van der Waals surface area contributed by atoms with Gasteiger partial charge in [0.2, 0.25) is 0 Å². The Labute approximate surface area is 92.9 Å². The van der Waals surface area contributed by atoms with Crippen molar-refractivity contribution in [3.8, 4) is 0 Å². The molecule has 0 radical (unpaired) electrons. The first-order valence-electron chi connectivity index (χ1n) is 6.51. The predicted octanol–water partition coefficient (Wildman–Crippen LogP) is 3.75. The summed E-state index contributed by atoms with van der Waals surface area (Å²) in [6, 6.07) is 0. The first-order valence-corrected chi connectivity index (χ1v) is 6.51. The molecule has 0 N–H and O–H groups in total. The van der Waals surface area contributed by atoms with Gasteiger partial charge >= 0.3 is 0 Å². The van der Waals surface area contributed by atoms with E-state index < -0.39 is 0 Å². The molecule has 0 aromatic carbocycles. The lowest BCUT2D eigenvalue weighted by Gasteiger charge is -2.53. The molecule has 1 nitrogen and oxygen atoms in total. The molecule has 15 heavy (non-hydrogen) atoms. The monoisotopic (exact) mass is 206 g/mol. The summed E-state index contributed by atoms with van der Waals surface area (Å²) in [5, 5.41) is 0. The van der Waals surface area contributed by atoms with Crippen LogP contribution in [0.5, 0.6) is 0 Å². The molecule has 0 aromatic rings. The molecule has 0 amide bonds. The molecular weight excluding hydrogens is 184 g/mol. The molecule has 4 saturated carbocycles. The van der Waals surface area contributed by atoms with E-state index in [0.29, 0.717) is 6.10 Å². The summed E-state index contributed by atoms with van der Waals surface area (Å²) in [5.74, 6) is 3.88. The van der Waals surface area contributed by atoms with Crippen LogP contribution < -0.4 is 0 Å². The maximum absolute atomic E-state index is 6.02. The van der Waals surface area contributed by atoms with E-state index in [1.165, 1.54) is 37.7 Å². The van der Waals surface area contributed by atoms with E-state index >= 15 is 0 Å². The minimum Gasteiger partial charge on any atom is -0.498 e. The molecule has 0 spiro atoms. The summed E-state index contributed by atoms with van der Waals surface area (Å²) in [6.07, 6.45) is 9.90. The zero-order chi connectivity index (χ0) is 10.4. The lowest BCUT2D eigenvalue weighted by molar-refractivity contribution is -0.0977. The van der Waals surface area contributed by atoms with Gasteiger partial charge in [0.15, 0.2) is 0 Å². The van der Waals surface area contributed by atoms with Gasteiger partial charge in [0.05, 0.1) is 6.26 Å². The molecule has 0 aromatic heterocycles. The second kappa shape index (κ2) is 3.54. The highest BCUT2D eigenvalue weighted by Gasteiger charge is 2.49. The maximum Gasteiger partial charge on any atom is 0.103 e. The van der Waals surface area contributed by atoms with E-state index in [2.05, 4.69) is 13.8 Å². The van der Waals surface area contributed by atoms with Crippen LogP contribution in [0.25, 0.3) is 0 Å². The normalized spacial score (nSPS) is 46.7. The third-order valence-corrected chi connectivity index (χ3v) is 4.60. The highest BCUT2D eigenvalue weighted by molar-refractivity contribution is 5.00. The zero-order valence-electron chi connectivity index (χ0n) is 9.91. The highest BCUT2D eigenvalue weighted by Crippen LogP contribution is 2.54. The SMILES string of the molecule is CC(C)=COC1C2CC3CC(C2)CC1C3. The van der Waals surface area contributed by atoms with Gasteiger partial charge in [-0.3, -0.25) is 0 Å². The number of rotatable bonds is 2. The van der Waals surface area contributed by atoms with Crippen molar-refractivity contribution in [3.63, 3.8) is 0 Å². The molecule has 0 heterocycles. The summed E-state index contributed by atoms with van der Waals surface area (Å²) in [4.78, 5) is 0. The Morgan fingerprint density at radius 2 is 1.47 bits per heavy atom. The quantitative estimate of drug-likeness (QED) is 0.625. The summed E-state index contributed by atoms with van der Waals surface area (Å²) in [7, 11) is 0. The molecular formula is C14H22O. The first-order chi connectivity index (χ1) is 7.22. The summed E-state index contributed by atoms with van der Waals surface area (Å²) in [5.41, 5.74) is 1.30. The number of allylic oxidation sites excluding steroid dienone is 1. The molecule has 4 fully saturated rings. The molecule has 1 heteroatoms. The third-order valence-electron chi connectivity index (χ3n) is 4.60. The van der Waals surface area contributed by atoms with Crippen molar-refractivity contribution in [2.75, 3.05) is 0 Å². The van der Waals surface area contributed by atoms with Crippen LogP contribution in [0.15, 0.2) is 11.8 Å². The Morgan fingerprint density at radius 1 is 0.933 bits per heavy atom. The molecule has 0 aliphatic heterocycles. The van der Waals surface area contributed by atoms with Gasteiger partial charge in [-0.05, 0) is 75.2 Å². The smallest absolute Gasteiger partial charge is 0.103 e. The standard InChI is InChI=1S/C14H22O/c1-9(2)8-15-14-12-4-10-3-11(6-12)7-13(14)5-10/h8,10-14H,3-7H2,1-2H3. The third kappa shape index (κ3) is 1.70. The van der Waals surface area contributed by atoms with Crippen molar-refractivity contribution in [2.45, 2.75) is 52.1 Å². The van der Waals surface area contributed by atoms with E-state index in [0.717, 1.165) is 23.7 Å². The fourth-order valence-corrected chi connectivity index (χ4v) is 4.31. The number of hydrogen-bond acceptors (Lipinski definition) is 1. The Kier molecular flexibility index (Phi) is 2.30. The maximum atomic E-state index is 6.02. The molecule has 0 unspecified atom stereocenters. The van der Waals surface area contributed by atoms with Gasteiger partial charge in [-0.15, -0.1) is 0 Å². The van der Waals surface area contributed by atoms with Gasteiger partial charge < -0.3 is 4.74 Å². The zero-order valence-corrected chi connectivity index (χ0v) is 9.91. The van der Waals surface area contributed by atoms with Crippen molar-refractivity contribution in [3.05, 3.63) is 11.8 Å². The number of hydrogen-bond donors (Lipinski definition) is 0. The topological polar surface area (TPSA) is 9.23 Å². The Balaban J connectivity index is 1.72. The van der Waals surface area contributed by atoms with Gasteiger partial charge in [0, 0.05) is 0 Å². The van der Waals surface area contributed by atoms with E-state index in [-0.39, 0.29) is 0 Å². The predicted molar refractivity (Wildman–Crippen MR) is 61.3 cm³/mol. The fraction of sp³-hybridized carbons (Fsp3) is 0.857. The summed E-state index contributed by atoms with van der Waals surface area (Å²) >= 11 is 0. The van der Waals surface area contributed by atoms with Crippen LogP contribution in [0.4, 0.5) is 0 Å². The van der Waals surface area contributed by atoms with Crippen molar-refractivity contribution in [1.29, 1.82) is 0 Å². The largest absolute Gasteiger partial charge is 0.498 e. The fourth-order valence-electron chi connectivity index (χ4n) is 4.31. The second-order valence-electron chi connectivity index (χ2n) is 6.23. The summed E-state index contributed by atoms with van der Waals surface area (Å²) in [6.45, 7) is 4.24. The Hall–Kier alpha value is -0.460. The lowest BCUT2D eigenvalue weighted by Crippen LogP contribution is -2.48. The van der Waals surface area contributed by atoms with E-state index in [1.54, 1.807) is 0 Å². The Morgan fingerprint density at radius 3 is 1.93 bits per heavy atom. The van der Waals surface area contributed by atoms with Gasteiger partial charge in [-0.2, -0.15) is 0 Å². The van der Waals surface area contributed by atoms with Crippen molar-refractivity contribution in [1.82, 2.24) is 0 Å². The lowest BCUT2D eigenvalue weighted by atomic mass is 9.55. The molecule has 4 aliphatic rings. The van der Waals surface area contributed by atoms with Crippen molar-refractivity contribution >= 4 is 0 Å². The van der Waals surface area contributed by atoms with E-state index in [1.807, 2.05) is 6.26 Å². The Bertz CT molecular complexity index is 247. The van der Waals surface area contributed by atoms with Gasteiger partial charge in [-0.1, -0.05) is 0 Å². The van der Waals surface area contributed by atoms with Gasteiger partial charge in [0.25, 0.3) is 0 Å². The minimum atomic E-state index is 0.563. The molecule has 4 rings (SSSR count). The van der Waals surface area contributed by atoms with E-state index in [9.17, 15) is 0 Å². The average Bonchev–Trinajstić information content (AvgIpc) is 2.14. The van der Waals surface area contributed by atoms with Crippen LogP contribution in [-0.4, -0.2) is 6.10 Å². The minimum absolute atomic E-state index is 0.563. The van der Waals surface area contributed by atoms with Crippen molar-refractivity contribution < 1.29 is 4.74 Å². The van der Waals surface area contributed by atoms with Gasteiger partial charge in [0.1, 0.15) is 6.10 Å². The van der Waals surface area contributed by atoms with Crippen LogP contribution in [0, 0.1) is 23.7 Å². The number of ether oxygens (including phenoxy) is 1. The van der Waals surface area contributed by atoms with Gasteiger partial charge in [-0.25, -0.2) is 0 Å². The molecule has 0 saturated heterocycles. The first kappa shape index (κ1) is 9.74. The van der Waals surface area contributed by atoms with Crippen LogP contribution in [0.3, 0.4) is 0 Å². The summed E-state index contributed by atoms with van der Waals surface area (Å²) < 4.78 is 6.02. The van der Waals surface area contributed by atoms with Crippen LogP contribution in [-0.2, 0) is 4.74 Å². The molecule has 4 bridgehead atoms. The molecule has 0 atom stereocenters. The highest BCUT2D eigenvalue weighted by atomic mass is 16.5. The van der Waals surface area contributed by atoms with Crippen LogP contribution in [0.1, 0.15) is 46.0 Å².